The maximum atomic E-state index is 12.0. The summed E-state index contributed by atoms with van der Waals surface area (Å²) in [6.45, 7) is 0.784. The van der Waals surface area contributed by atoms with Gasteiger partial charge in [0.15, 0.2) is 0 Å². The highest BCUT2D eigenvalue weighted by Crippen LogP contribution is 2.17. The van der Waals surface area contributed by atoms with Crippen molar-refractivity contribution in [2.45, 2.75) is 12.6 Å². The van der Waals surface area contributed by atoms with Crippen LogP contribution in [-0.2, 0) is 6.54 Å². The number of hydrogen-bond acceptors (Lipinski definition) is 5. The van der Waals surface area contributed by atoms with Gasteiger partial charge in [0.1, 0.15) is 5.76 Å². The molecule has 2 heterocycles. The van der Waals surface area contributed by atoms with Gasteiger partial charge in [0, 0.05) is 24.8 Å². The van der Waals surface area contributed by atoms with Crippen LogP contribution in [-0.4, -0.2) is 43.7 Å². The molecule has 1 unspecified atom stereocenters. The van der Waals surface area contributed by atoms with Crippen molar-refractivity contribution in [3.05, 3.63) is 48.0 Å². The summed E-state index contributed by atoms with van der Waals surface area (Å²) in [5, 5.41) is 5.64. The van der Waals surface area contributed by atoms with Gasteiger partial charge in [-0.2, -0.15) is 0 Å². The van der Waals surface area contributed by atoms with Crippen molar-refractivity contribution in [3.63, 3.8) is 0 Å². The highest BCUT2D eigenvalue weighted by Gasteiger charge is 2.17. The Kier molecular flexibility index (Phi) is 5.99. The Bertz CT molecular complexity index is 614. The number of hydrogen-bond donors (Lipinski definition) is 2. The predicted octanol–water partition coefficient (Wildman–Crippen LogP) is 1.79. The number of pyridine rings is 1. The lowest BCUT2D eigenvalue weighted by atomic mass is 10.2. The van der Waals surface area contributed by atoms with E-state index >= 15 is 0 Å². The van der Waals surface area contributed by atoms with Gasteiger partial charge in [0.25, 0.3) is 0 Å². The lowest BCUT2D eigenvalue weighted by Gasteiger charge is -2.22. The minimum absolute atomic E-state index is 0.0244. The summed E-state index contributed by atoms with van der Waals surface area (Å²) in [4.78, 5) is 18.1. The number of urea groups is 1. The SMILES string of the molecule is COc1ncccc1CNC(=O)NCC(c1ccco1)N(C)C. The molecule has 0 saturated carbocycles. The monoisotopic (exact) mass is 318 g/mol. The first kappa shape index (κ1) is 16.8. The zero-order chi connectivity index (χ0) is 16.7. The highest BCUT2D eigenvalue weighted by atomic mass is 16.5. The quantitative estimate of drug-likeness (QED) is 0.813. The minimum atomic E-state index is -0.255. The Morgan fingerprint density at radius 1 is 1.35 bits per heavy atom. The van der Waals surface area contributed by atoms with Crippen molar-refractivity contribution in [3.8, 4) is 5.88 Å². The summed E-state index contributed by atoms with van der Waals surface area (Å²) >= 11 is 0. The van der Waals surface area contributed by atoms with Crippen LogP contribution in [0.5, 0.6) is 5.88 Å². The van der Waals surface area contributed by atoms with E-state index in [9.17, 15) is 4.79 Å². The molecule has 2 aromatic heterocycles. The first-order valence-electron chi connectivity index (χ1n) is 7.31. The second-order valence-electron chi connectivity index (χ2n) is 5.23. The molecule has 0 bridgehead atoms. The molecular weight excluding hydrogens is 296 g/mol. The van der Waals surface area contributed by atoms with Crippen LogP contribution in [0.1, 0.15) is 17.4 Å². The van der Waals surface area contributed by atoms with E-state index in [1.807, 2.05) is 37.2 Å². The van der Waals surface area contributed by atoms with Gasteiger partial charge >= 0.3 is 6.03 Å². The molecule has 7 nitrogen and oxygen atoms in total. The smallest absolute Gasteiger partial charge is 0.315 e. The Hall–Kier alpha value is -2.54. The molecule has 2 rings (SSSR count). The van der Waals surface area contributed by atoms with Gasteiger partial charge in [0.05, 0.1) is 19.4 Å². The van der Waals surface area contributed by atoms with Crippen molar-refractivity contribution in [1.29, 1.82) is 0 Å². The number of ether oxygens (including phenoxy) is 1. The minimum Gasteiger partial charge on any atom is -0.481 e. The summed E-state index contributed by atoms with van der Waals surface area (Å²) in [7, 11) is 5.43. The largest absolute Gasteiger partial charge is 0.481 e. The molecule has 23 heavy (non-hydrogen) atoms. The number of rotatable bonds is 7. The number of methoxy groups -OCH3 is 1. The first-order valence-corrected chi connectivity index (χ1v) is 7.31. The van der Waals surface area contributed by atoms with E-state index in [2.05, 4.69) is 15.6 Å². The van der Waals surface area contributed by atoms with E-state index in [0.29, 0.717) is 19.0 Å². The molecule has 0 spiro atoms. The van der Waals surface area contributed by atoms with Gasteiger partial charge in [-0.1, -0.05) is 6.07 Å². The van der Waals surface area contributed by atoms with Gasteiger partial charge in [-0.3, -0.25) is 4.90 Å². The molecule has 0 saturated heterocycles. The average molecular weight is 318 g/mol. The van der Waals surface area contributed by atoms with Gasteiger partial charge in [0.2, 0.25) is 5.88 Å². The van der Waals surface area contributed by atoms with E-state index in [1.165, 1.54) is 0 Å². The second kappa shape index (κ2) is 8.19. The fourth-order valence-electron chi connectivity index (χ4n) is 2.19. The van der Waals surface area contributed by atoms with E-state index in [-0.39, 0.29) is 12.1 Å². The summed E-state index contributed by atoms with van der Waals surface area (Å²) in [6.07, 6.45) is 3.27. The average Bonchev–Trinajstić information content (AvgIpc) is 3.07. The first-order chi connectivity index (χ1) is 11.1. The predicted molar refractivity (Wildman–Crippen MR) is 86.2 cm³/mol. The molecule has 0 aliphatic heterocycles. The molecule has 2 N–H and O–H groups in total. The van der Waals surface area contributed by atoms with Gasteiger partial charge < -0.3 is 19.8 Å². The maximum absolute atomic E-state index is 12.0. The van der Waals surface area contributed by atoms with Crippen molar-refractivity contribution in [2.75, 3.05) is 27.7 Å². The number of aromatic nitrogens is 1. The van der Waals surface area contributed by atoms with Crippen LogP contribution in [0, 0.1) is 0 Å². The standard InChI is InChI=1S/C16H22N4O3/c1-20(2)13(14-7-5-9-23-14)11-19-16(21)18-10-12-6-4-8-17-15(12)22-3/h4-9,13H,10-11H2,1-3H3,(H2,18,19,21). The third kappa shape index (κ3) is 4.72. The molecule has 0 radical (unpaired) electrons. The number of nitrogens with zero attached hydrogens (tertiary/aromatic N) is 2. The summed E-state index contributed by atoms with van der Waals surface area (Å²) in [5.41, 5.74) is 0.820. The molecule has 2 amide bonds. The van der Waals surface area contributed by atoms with Crippen LogP contribution in [0.4, 0.5) is 4.79 Å². The van der Waals surface area contributed by atoms with Crippen LogP contribution < -0.4 is 15.4 Å². The molecule has 0 fully saturated rings. The number of carbonyl (C=O) groups excluding carboxylic acids is 1. The molecule has 0 aliphatic carbocycles. The van der Waals surface area contributed by atoms with Crippen molar-refractivity contribution in [2.24, 2.45) is 0 Å². The number of likely N-dealkylation sites (N-methyl/N-ethyl adjacent to an activating group) is 1. The number of nitrogens with one attached hydrogen (secondary N) is 2. The fraction of sp³-hybridized carbons (Fsp3) is 0.375. The second-order valence-corrected chi connectivity index (χ2v) is 5.23. The Morgan fingerprint density at radius 3 is 2.83 bits per heavy atom. The third-order valence-electron chi connectivity index (χ3n) is 3.43. The number of amides is 2. The molecule has 0 aliphatic rings. The molecule has 1 atom stereocenters. The van der Waals surface area contributed by atoms with Crippen LogP contribution >= 0.6 is 0 Å². The van der Waals surface area contributed by atoms with E-state index in [0.717, 1.165) is 11.3 Å². The lowest BCUT2D eigenvalue weighted by Crippen LogP contribution is -2.40. The molecule has 7 heteroatoms. The van der Waals surface area contributed by atoms with Crippen molar-refractivity contribution < 1.29 is 13.9 Å². The summed E-state index contributed by atoms with van der Waals surface area (Å²) < 4.78 is 10.6. The number of carbonyl (C=O) groups is 1. The van der Waals surface area contributed by atoms with E-state index < -0.39 is 0 Å². The van der Waals surface area contributed by atoms with E-state index in [4.69, 9.17) is 9.15 Å². The molecule has 124 valence electrons. The molecule has 2 aromatic rings. The van der Waals surface area contributed by atoms with Crippen LogP contribution in [0.3, 0.4) is 0 Å². The van der Waals surface area contributed by atoms with Crippen LogP contribution in [0.2, 0.25) is 0 Å². The summed E-state index contributed by atoms with van der Waals surface area (Å²) in [5.74, 6) is 1.32. The highest BCUT2D eigenvalue weighted by molar-refractivity contribution is 5.73. The fourth-order valence-corrected chi connectivity index (χ4v) is 2.19. The van der Waals surface area contributed by atoms with Crippen molar-refractivity contribution >= 4 is 6.03 Å². The summed E-state index contributed by atoms with van der Waals surface area (Å²) in [6, 6.07) is 7.11. The zero-order valence-electron chi connectivity index (χ0n) is 13.6. The van der Waals surface area contributed by atoms with Crippen LogP contribution in [0.15, 0.2) is 41.1 Å². The van der Waals surface area contributed by atoms with E-state index in [1.54, 1.807) is 25.6 Å². The topological polar surface area (TPSA) is 79.6 Å². The van der Waals surface area contributed by atoms with Gasteiger partial charge in [-0.15, -0.1) is 0 Å². The molecular formula is C16H22N4O3. The Balaban J connectivity index is 1.85. The zero-order valence-corrected chi connectivity index (χ0v) is 13.6. The van der Waals surface area contributed by atoms with Crippen molar-refractivity contribution in [1.82, 2.24) is 20.5 Å². The Morgan fingerprint density at radius 2 is 2.17 bits per heavy atom. The van der Waals surface area contributed by atoms with Gasteiger partial charge in [-0.05, 0) is 32.3 Å². The Labute approximate surface area is 135 Å². The lowest BCUT2D eigenvalue weighted by molar-refractivity contribution is 0.225. The molecule has 0 aromatic carbocycles. The third-order valence-corrected chi connectivity index (χ3v) is 3.43. The van der Waals surface area contributed by atoms with Crippen LogP contribution in [0.25, 0.3) is 0 Å². The number of furan rings is 1. The maximum Gasteiger partial charge on any atom is 0.315 e. The normalized spacial score (nSPS) is 12.0. The van der Waals surface area contributed by atoms with Gasteiger partial charge in [-0.25, -0.2) is 9.78 Å².